The van der Waals surface area contributed by atoms with Crippen LogP contribution >= 0.6 is 0 Å². The van der Waals surface area contributed by atoms with Gasteiger partial charge in [0.1, 0.15) is 11.2 Å². The van der Waals surface area contributed by atoms with Gasteiger partial charge in [-0.2, -0.15) is 0 Å². The predicted molar refractivity (Wildman–Crippen MR) is 101 cm³/mol. The summed E-state index contributed by atoms with van der Waals surface area (Å²) in [4.78, 5) is 38.5. The molecule has 0 aliphatic carbocycles. The van der Waals surface area contributed by atoms with E-state index in [1.807, 2.05) is 18.7 Å². The summed E-state index contributed by atoms with van der Waals surface area (Å²) in [6.07, 6.45) is 3.08. The molecule has 148 valence electrons. The standard InChI is InChI=1S/C19H29N5O3/c1-13(2)14-12-15(22-18(20)21-14)16(25)24-9-5-7-19(24)6-4-8-23(17(19)26)10-11-27-3/h12-13H,4-11H2,1-3H3,(H2,20,21,22). The van der Waals surface area contributed by atoms with Crippen molar-refractivity contribution in [2.24, 2.45) is 0 Å². The number of likely N-dealkylation sites (tertiary alicyclic amines) is 2. The van der Waals surface area contributed by atoms with Crippen molar-refractivity contribution in [3.63, 3.8) is 0 Å². The number of amides is 2. The molecular weight excluding hydrogens is 346 g/mol. The first kappa shape index (κ1) is 19.5. The van der Waals surface area contributed by atoms with Crippen LogP contribution in [0, 0.1) is 0 Å². The van der Waals surface area contributed by atoms with Gasteiger partial charge in [0, 0.05) is 32.4 Å². The van der Waals surface area contributed by atoms with Gasteiger partial charge >= 0.3 is 0 Å². The molecular formula is C19H29N5O3. The molecule has 2 fully saturated rings. The van der Waals surface area contributed by atoms with E-state index in [0.29, 0.717) is 39.1 Å². The van der Waals surface area contributed by atoms with Crippen molar-refractivity contribution in [1.29, 1.82) is 0 Å². The Bertz CT molecular complexity index is 723. The average molecular weight is 375 g/mol. The first-order valence-electron chi connectivity index (χ1n) is 9.64. The first-order chi connectivity index (χ1) is 12.9. The fraction of sp³-hybridized carbons (Fsp3) is 0.684. The van der Waals surface area contributed by atoms with Gasteiger partial charge in [-0.15, -0.1) is 0 Å². The Kier molecular flexibility index (Phi) is 5.64. The molecule has 1 spiro atoms. The molecule has 2 aliphatic heterocycles. The number of nitrogens with zero attached hydrogens (tertiary/aromatic N) is 4. The van der Waals surface area contributed by atoms with Crippen LogP contribution in [-0.2, 0) is 9.53 Å². The molecule has 27 heavy (non-hydrogen) atoms. The maximum atomic E-state index is 13.3. The second-order valence-corrected chi connectivity index (χ2v) is 7.67. The summed E-state index contributed by atoms with van der Waals surface area (Å²) in [6, 6.07) is 1.70. The molecule has 1 aromatic heterocycles. The van der Waals surface area contributed by atoms with E-state index in [2.05, 4.69) is 9.97 Å². The molecule has 2 N–H and O–H groups in total. The minimum Gasteiger partial charge on any atom is -0.383 e. The zero-order valence-electron chi connectivity index (χ0n) is 16.4. The Hall–Kier alpha value is -2.22. The van der Waals surface area contributed by atoms with Crippen molar-refractivity contribution in [1.82, 2.24) is 19.8 Å². The topological polar surface area (TPSA) is 102 Å². The van der Waals surface area contributed by atoms with Gasteiger partial charge < -0.3 is 20.3 Å². The largest absolute Gasteiger partial charge is 0.383 e. The number of ether oxygens (including phenoxy) is 1. The van der Waals surface area contributed by atoms with E-state index < -0.39 is 5.54 Å². The Morgan fingerprint density at radius 1 is 1.30 bits per heavy atom. The van der Waals surface area contributed by atoms with Gasteiger partial charge in [0.2, 0.25) is 11.9 Å². The monoisotopic (exact) mass is 375 g/mol. The van der Waals surface area contributed by atoms with E-state index in [1.165, 1.54) is 0 Å². The van der Waals surface area contributed by atoms with E-state index in [1.54, 1.807) is 18.1 Å². The number of rotatable bonds is 5. The number of piperidine rings is 1. The highest BCUT2D eigenvalue weighted by molar-refractivity contribution is 5.99. The highest BCUT2D eigenvalue weighted by Gasteiger charge is 2.53. The third-order valence-corrected chi connectivity index (χ3v) is 5.58. The van der Waals surface area contributed by atoms with Crippen molar-refractivity contribution in [3.8, 4) is 0 Å². The summed E-state index contributed by atoms with van der Waals surface area (Å²) in [5.74, 6) is 0.0259. The SMILES string of the molecule is COCCN1CCCC2(CCCN2C(=O)c2cc(C(C)C)nc(N)n2)C1=O. The van der Waals surface area contributed by atoms with E-state index in [4.69, 9.17) is 10.5 Å². The first-order valence-corrected chi connectivity index (χ1v) is 9.64. The van der Waals surface area contributed by atoms with Gasteiger partial charge in [0.25, 0.3) is 5.91 Å². The van der Waals surface area contributed by atoms with Gasteiger partial charge in [-0.1, -0.05) is 13.8 Å². The Balaban J connectivity index is 1.89. The van der Waals surface area contributed by atoms with E-state index >= 15 is 0 Å². The van der Waals surface area contributed by atoms with Crippen molar-refractivity contribution in [2.45, 2.75) is 51.0 Å². The van der Waals surface area contributed by atoms with E-state index in [-0.39, 0.29) is 29.4 Å². The lowest BCUT2D eigenvalue weighted by Gasteiger charge is -2.44. The molecule has 3 rings (SSSR count). The Morgan fingerprint density at radius 3 is 2.67 bits per heavy atom. The molecule has 1 unspecified atom stereocenters. The number of nitrogens with two attached hydrogens (primary N) is 1. The second-order valence-electron chi connectivity index (χ2n) is 7.67. The summed E-state index contributed by atoms with van der Waals surface area (Å²) in [5.41, 5.74) is 6.07. The van der Waals surface area contributed by atoms with Crippen LogP contribution in [0.4, 0.5) is 5.95 Å². The number of nitrogen functional groups attached to an aromatic ring is 1. The zero-order chi connectivity index (χ0) is 19.6. The van der Waals surface area contributed by atoms with Crippen LogP contribution in [0.15, 0.2) is 6.07 Å². The van der Waals surface area contributed by atoms with Crippen LogP contribution in [0.25, 0.3) is 0 Å². The average Bonchev–Trinajstić information content (AvgIpc) is 3.06. The highest BCUT2D eigenvalue weighted by atomic mass is 16.5. The van der Waals surface area contributed by atoms with Crippen LogP contribution < -0.4 is 5.73 Å². The van der Waals surface area contributed by atoms with Gasteiger partial charge in [0.05, 0.1) is 6.61 Å². The van der Waals surface area contributed by atoms with Crippen molar-refractivity contribution >= 4 is 17.8 Å². The molecule has 2 aliphatic rings. The number of carbonyl (C=O) groups excluding carboxylic acids is 2. The van der Waals surface area contributed by atoms with Gasteiger partial charge in [-0.3, -0.25) is 9.59 Å². The Morgan fingerprint density at radius 2 is 2.00 bits per heavy atom. The molecule has 8 nitrogen and oxygen atoms in total. The van der Waals surface area contributed by atoms with Crippen LogP contribution in [0.3, 0.4) is 0 Å². The summed E-state index contributed by atoms with van der Waals surface area (Å²) in [6.45, 7) is 6.30. The number of hydrogen-bond donors (Lipinski definition) is 1. The lowest BCUT2D eigenvalue weighted by atomic mass is 9.85. The number of anilines is 1. The number of methoxy groups -OCH3 is 1. The molecule has 2 saturated heterocycles. The minimum atomic E-state index is -0.763. The normalized spacial score (nSPS) is 22.9. The number of carbonyl (C=O) groups is 2. The number of aromatic nitrogens is 2. The van der Waals surface area contributed by atoms with Crippen molar-refractivity contribution in [3.05, 3.63) is 17.5 Å². The summed E-state index contributed by atoms with van der Waals surface area (Å²) >= 11 is 0. The molecule has 0 saturated carbocycles. The van der Waals surface area contributed by atoms with Crippen LogP contribution in [-0.4, -0.2) is 70.5 Å². The molecule has 0 bridgehead atoms. The smallest absolute Gasteiger partial charge is 0.273 e. The van der Waals surface area contributed by atoms with Gasteiger partial charge in [0.15, 0.2) is 0 Å². The lowest BCUT2D eigenvalue weighted by Crippen LogP contribution is -2.61. The maximum absolute atomic E-state index is 13.3. The highest BCUT2D eigenvalue weighted by Crippen LogP contribution is 2.39. The third-order valence-electron chi connectivity index (χ3n) is 5.58. The summed E-state index contributed by atoms with van der Waals surface area (Å²) in [7, 11) is 1.63. The second kappa shape index (κ2) is 7.80. The molecule has 0 aromatic carbocycles. The van der Waals surface area contributed by atoms with E-state index in [9.17, 15) is 9.59 Å². The Labute approximate surface area is 160 Å². The van der Waals surface area contributed by atoms with Gasteiger partial charge in [-0.05, 0) is 37.7 Å². The maximum Gasteiger partial charge on any atom is 0.273 e. The number of hydrogen-bond acceptors (Lipinski definition) is 6. The third kappa shape index (κ3) is 3.63. The minimum absolute atomic E-state index is 0.0303. The predicted octanol–water partition coefficient (Wildman–Crippen LogP) is 1.43. The fourth-order valence-electron chi connectivity index (χ4n) is 4.17. The quantitative estimate of drug-likeness (QED) is 0.835. The van der Waals surface area contributed by atoms with Crippen LogP contribution in [0.5, 0.6) is 0 Å². The fourth-order valence-corrected chi connectivity index (χ4v) is 4.17. The van der Waals surface area contributed by atoms with Crippen molar-refractivity contribution < 1.29 is 14.3 Å². The van der Waals surface area contributed by atoms with Gasteiger partial charge in [-0.25, -0.2) is 9.97 Å². The molecule has 3 heterocycles. The molecule has 2 amide bonds. The van der Waals surface area contributed by atoms with Crippen LogP contribution in [0.1, 0.15) is 61.6 Å². The molecule has 1 atom stereocenters. The lowest BCUT2D eigenvalue weighted by molar-refractivity contribution is -0.146. The molecule has 8 heteroatoms. The summed E-state index contributed by atoms with van der Waals surface area (Å²) < 4.78 is 5.13. The zero-order valence-corrected chi connectivity index (χ0v) is 16.4. The van der Waals surface area contributed by atoms with Crippen LogP contribution in [0.2, 0.25) is 0 Å². The van der Waals surface area contributed by atoms with Crippen molar-refractivity contribution in [2.75, 3.05) is 39.1 Å². The molecule has 1 aromatic rings. The molecule has 0 radical (unpaired) electrons. The summed E-state index contributed by atoms with van der Waals surface area (Å²) in [5, 5.41) is 0. The van der Waals surface area contributed by atoms with E-state index in [0.717, 1.165) is 18.5 Å².